The van der Waals surface area contributed by atoms with E-state index in [4.69, 9.17) is 4.74 Å². The zero-order chi connectivity index (χ0) is 12.7. The molecule has 1 amide bonds. The lowest BCUT2D eigenvalue weighted by Gasteiger charge is -2.31. The lowest BCUT2D eigenvalue weighted by molar-refractivity contribution is -0.146. The molecule has 0 aromatic carbocycles. The predicted molar refractivity (Wildman–Crippen MR) is 65.5 cm³/mol. The molecule has 1 heterocycles. The molecule has 0 aliphatic carbocycles. The van der Waals surface area contributed by atoms with E-state index in [9.17, 15) is 9.59 Å². The van der Waals surface area contributed by atoms with Gasteiger partial charge in [0.05, 0.1) is 13.0 Å². The number of hydrogen-bond acceptors (Lipinski definition) is 3. The van der Waals surface area contributed by atoms with Crippen LogP contribution in [-0.4, -0.2) is 36.5 Å². The van der Waals surface area contributed by atoms with Gasteiger partial charge in [0.1, 0.15) is 0 Å². The molecule has 0 saturated carbocycles. The van der Waals surface area contributed by atoms with E-state index in [1.54, 1.807) is 6.92 Å². The number of carbonyl (C=O) groups excluding carboxylic acids is 2. The summed E-state index contributed by atoms with van der Waals surface area (Å²) in [6, 6.07) is 0. The van der Waals surface area contributed by atoms with Gasteiger partial charge in [-0.2, -0.15) is 0 Å². The smallest absolute Gasteiger partial charge is 0.306 e. The van der Waals surface area contributed by atoms with Gasteiger partial charge in [-0.05, 0) is 25.7 Å². The molecular formula is C13H23NO3. The maximum atomic E-state index is 11.8. The summed E-state index contributed by atoms with van der Waals surface area (Å²) in [5.41, 5.74) is 0. The van der Waals surface area contributed by atoms with Crippen molar-refractivity contribution in [2.45, 2.75) is 46.0 Å². The monoisotopic (exact) mass is 241 g/mol. The van der Waals surface area contributed by atoms with E-state index in [-0.39, 0.29) is 24.7 Å². The first-order valence-electron chi connectivity index (χ1n) is 6.60. The molecule has 1 rings (SSSR count). The molecule has 1 fully saturated rings. The number of esters is 1. The Bertz CT molecular complexity index is 257. The molecule has 0 radical (unpaired) electrons. The van der Waals surface area contributed by atoms with Gasteiger partial charge < -0.3 is 9.64 Å². The van der Waals surface area contributed by atoms with E-state index in [0.717, 1.165) is 31.8 Å². The van der Waals surface area contributed by atoms with Crippen molar-refractivity contribution in [3.8, 4) is 0 Å². The Balaban J connectivity index is 2.22. The van der Waals surface area contributed by atoms with Crippen LogP contribution in [0.4, 0.5) is 0 Å². The first kappa shape index (κ1) is 14.0. The van der Waals surface area contributed by atoms with E-state index in [2.05, 4.69) is 6.92 Å². The number of amides is 1. The zero-order valence-electron chi connectivity index (χ0n) is 10.9. The fourth-order valence-corrected chi connectivity index (χ4v) is 2.19. The third kappa shape index (κ3) is 4.75. The van der Waals surface area contributed by atoms with Crippen LogP contribution in [-0.2, 0) is 14.3 Å². The fraction of sp³-hybridized carbons (Fsp3) is 0.846. The highest BCUT2D eigenvalue weighted by molar-refractivity contribution is 5.81. The number of hydrogen-bond donors (Lipinski definition) is 0. The highest BCUT2D eigenvalue weighted by Crippen LogP contribution is 2.20. The van der Waals surface area contributed by atoms with Gasteiger partial charge in [-0.15, -0.1) is 0 Å². The number of likely N-dealkylation sites (tertiary alicyclic amines) is 1. The van der Waals surface area contributed by atoms with Crippen molar-refractivity contribution in [3.63, 3.8) is 0 Å². The molecule has 1 aliphatic heterocycles. The second kappa shape index (κ2) is 7.30. The molecule has 1 saturated heterocycles. The van der Waals surface area contributed by atoms with Crippen LogP contribution >= 0.6 is 0 Å². The van der Waals surface area contributed by atoms with Crippen molar-refractivity contribution in [1.29, 1.82) is 0 Å². The normalized spacial score (nSPS) is 16.9. The molecule has 0 aromatic rings. The molecule has 0 N–H and O–H groups in total. The SMILES string of the molecule is CCOC(=O)CCC(=O)N1CCC(CC)CC1. The van der Waals surface area contributed by atoms with Gasteiger partial charge in [-0.25, -0.2) is 0 Å². The van der Waals surface area contributed by atoms with Crippen molar-refractivity contribution in [3.05, 3.63) is 0 Å². The third-order valence-corrected chi connectivity index (χ3v) is 3.39. The minimum Gasteiger partial charge on any atom is -0.466 e. The second-order valence-corrected chi connectivity index (χ2v) is 4.54. The van der Waals surface area contributed by atoms with Crippen LogP contribution in [0, 0.1) is 5.92 Å². The van der Waals surface area contributed by atoms with Crippen LogP contribution < -0.4 is 0 Å². The van der Waals surface area contributed by atoms with Gasteiger partial charge in [-0.1, -0.05) is 13.3 Å². The van der Waals surface area contributed by atoms with Crippen molar-refractivity contribution in [1.82, 2.24) is 4.90 Å². The van der Waals surface area contributed by atoms with E-state index >= 15 is 0 Å². The van der Waals surface area contributed by atoms with Gasteiger partial charge >= 0.3 is 5.97 Å². The molecule has 4 heteroatoms. The third-order valence-electron chi connectivity index (χ3n) is 3.39. The first-order valence-corrected chi connectivity index (χ1v) is 6.60. The van der Waals surface area contributed by atoms with E-state index in [1.165, 1.54) is 6.42 Å². The summed E-state index contributed by atoms with van der Waals surface area (Å²) in [6.07, 6.45) is 3.89. The molecule has 17 heavy (non-hydrogen) atoms. The molecule has 0 aromatic heterocycles. The Hall–Kier alpha value is -1.06. The summed E-state index contributed by atoms with van der Waals surface area (Å²) in [7, 11) is 0. The minimum absolute atomic E-state index is 0.0904. The molecule has 1 aliphatic rings. The summed E-state index contributed by atoms with van der Waals surface area (Å²) in [5.74, 6) is 0.584. The van der Waals surface area contributed by atoms with E-state index < -0.39 is 0 Å². The Labute approximate surface area is 103 Å². The van der Waals surface area contributed by atoms with E-state index in [1.807, 2.05) is 4.90 Å². The van der Waals surface area contributed by atoms with Gasteiger partial charge in [0, 0.05) is 19.5 Å². The highest BCUT2D eigenvalue weighted by Gasteiger charge is 2.21. The van der Waals surface area contributed by atoms with Crippen LogP contribution in [0.1, 0.15) is 46.0 Å². The molecule has 0 spiro atoms. The number of nitrogens with zero attached hydrogens (tertiary/aromatic N) is 1. The van der Waals surface area contributed by atoms with Crippen molar-refractivity contribution in [2.24, 2.45) is 5.92 Å². The second-order valence-electron chi connectivity index (χ2n) is 4.54. The average molecular weight is 241 g/mol. The molecule has 0 bridgehead atoms. The van der Waals surface area contributed by atoms with Gasteiger partial charge in [-0.3, -0.25) is 9.59 Å². The topological polar surface area (TPSA) is 46.6 Å². The standard InChI is InChI=1S/C13H23NO3/c1-3-11-7-9-14(10-8-11)12(15)5-6-13(16)17-4-2/h11H,3-10H2,1-2H3. The molecule has 98 valence electrons. The van der Waals surface area contributed by atoms with Crippen molar-refractivity contribution < 1.29 is 14.3 Å². The maximum absolute atomic E-state index is 11.8. The van der Waals surface area contributed by atoms with Crippen molar-refractivity contribution in [2.75, 3.05) is 19.7 Å². The van der Waals surface area contributed by atoms with Crippen LogP contribution in [0.25, 0.3) is 0 Å². The molecule has 0 unspecified atom stereocenters. The van der Waals surface area contributed by atoms with Gasteiger partial charge in [0.25, 0.3) is 0 Å². The molecule has 4 nitrogen and oxygen atoms in total. The fourth-order valence-electron chi connectivity index (χ4n) is 2.19. The van der Waals surface area contributed by atoms with Crippen LogP contribution in [0.3, 0.4) is 0 Å². The van der Waals surface area contributed by atoms with E-state index in [0.29, 0.717) is 6.61 Å². The largest absolute Gasteiger partial charge is 0.466 e. The van der Waals surface area contributed by atoms with Gasteiger partial charge in [0.2, 0.25) is 5.91 Å². The Morgan fingerprint density at radius 3 is 2.35 bits per heavy atom. The number of ether oxygens (including phenoxy) is 1. The highest BCUT2D eigenvalue weighted by atomic mass is 16.5. The Morgan fingerprint density at radius 1 is 1.18 bits per heavy atom. The quantitative estimate of drug-likeness (QED) is 0.691. The summed E-state index contributed by atoms with van der Waals surface area (Å²) >= 11 is 0. The lowest BCUT2D eigenvalue weighted by Crippen LogP contribution is -2.38. The number of carbonyl (C=O) groups is 2. The summed E-state index contributed by atoms with van der Waals surface area (Å²) in [4.78, 5) is 24.8. The average Bonchev–Trinajstić information content (AvgIpc) is 2.36. The van der Waals surface area contributed by atoms with Crippen LogP contribution in [0.2, 0.25) is 0 Å². The first-order chi connectivity index (χ1) is 8.17. The Morgan fingerprint density at radius 2 is 1.82 bits per heavy atom. The molecule has 0 atom stereocenters. The predicted octanol–water partition coefficient (Wildman–Crippen LogP) is 1.98. The summed E-state index contributed by atoms with van der Waals surface area (Å²) in [5, 5.41) is 0. The van der Waals surface area contributed by atoms with Crippen molar-refractivity contribution >= 4 is 11.9 Å². The maximum Gasteiger partial charge on any atom is 0.306 e. The lowest BCUT2D eigenvalue weighted by atomic mass is 9.94. The number of piperidine rings is 1. The van der Waals surface area contributed by atoms with Gasteiger partial charge in [0.15, 0.2) is 0 Å². The van der Waals surface area contributed by atoms with Crippen LogP contribution in [0.5, 0.6) is 0 Å². The Kier molecular flexibility index (Phi) is 6.01. The minimum atomic E-state index is -0.274. The number of rotatable bonds is 5. The summed E-state index contributed by atoms with van der Waals surface area (Å²) in [6.45, 7) is 6.05. The van der Waals surface area contributed by atoms with Crippen LogP contribution in [0.15, 0.2) is 0 Å². The molecular weight excluding hydrogens is 218 g/mol. The summed E-state index contributed by atoms with van der Waals surface area (Å²) < 4.78 is 4.80. The zero-order valence-corrected chi connectivity index (χ0v) is 10.9.